The standard InChI is InChI=1S/C13H22N2O3/c1-7(11-6-9-3-4-10(11)5-9)14-13(18)15-8(2)12(16)17/h7-11H,3-6H2,1-2H3,(H,16,17)(H2,14,15,18)/t7?,8-,9?,10?,11?/m1/s1. The molecule has 2 amide bonds. The van der Waals surface area contributed by atoms with E-state index in [1.54, 1.807) is 0 Å². The number of amides is 2. The lowest BCUT2D eigenvalue weighted by atomic mass is 9.84. The summed E-state index contributed by atoms with van der Waals surface area (Å²) in [6, 6.07) is -1.10. The Hall–Kier alpha value is -1.26. The highest BCUT2D eigenvalue weighted by Crippen LogP contribution is 2.49. The Bertz CT molecular complexity index is 345. The maximum Gasteiger partial charge on any atom is 0.325 e. The highest BCUT2D eigenvalue weighted by molar-refractivity contribution is 5.82. The molecule has 0 aromatic rings. The van der Waals surface area contributed by atoms with Crippen molar-refractivity contribution in [3.8, 4) is 0 Å². The van der Waals surface area contributed by atoms with Crippen molar-refractivity contribution >= 4 is 12.0 Å². The fourth-order valence-corrected chi connectivity index (χ4v) is 3.52. The van der Waals surface area contributed by atoms with Crippen LogP contribution in [0.3, 0.4) is 0 Å². The molecule has 0 saturated heterocycles. The number of nitrogens with one attached hydrogen (secondary N) is 2. The second kappa shape index (κ2) is 5.16. The molecule has 2 rings (SSSR count). The first kappa shape index (κ1) is 13.2. The van der Waals surface area contributed by atoms with E-state index in [1.807, 2.05) is 6.92 Å². The van der Waals surface area contributed by atoms with Crippen LogP contribution in [0.5, 0.6) is 0 Å². The van der Waals surface area contributed by atoms with Crippen LogP contribution >= 0.6 is 0 Å². The van der Waals surface area contributed by atoms with Crippen molar-refractivity contribution in [2.75, 3.05) is 0 Å². The van der Waals surface area contributed by atoms with Gasteiger partial charge in [0.25, 0.3) is 0 Å². The van der Waals surface area contributed by atoms with E-state index in [0.717, 1.165) is 11.8 Å². The minimum atomic E-state index is -1.02. The lowest BCUT2D eigenvalue weighted by Crippen LogP contribution is -2.49. The molecule has 0 aromatic carbocycles. The molecule has 0 radical (unpaired) electrons. The van der Waals surface area contributed by atoms with Gasteiger partial charge in [0.05, 0.1) is 0 Å². The van der Waals surface area contributed by atoms with Crippen molar-refractivity contribution in [3.05, 3.63) is 0 Å². The Labute approximate surface area is 107 Å². The van der Waals surface area contributed by atoms with E-state index in [9.17, 15) is 9.59 Å². The SMILES string of the molecule is CC(NC(=O)N[C@H](C)C(=O)O)C1CC2CCC1C2. The first-order valence-electron chi connectivity index (χ1n) is 6.77. The Morgan fingerprint density at radius 3 is 2.39 bits per heavy atom. The minimum absolute atomic E-state index is 0.126. The quantitative estimate of drug-likeness (QED) is 0.712. The summed E-state index contributed by atoms with van der Waals surface area (Å²) in [5.74, 6) is 1.15. The van der Waals surface area contributed by atoms with Gasteiger partial charge in [0.15, 0.2) is 0 Å². The molecule has 2 aliphatic carbocycles. The largest absolute Gasteiger partial charge is 0.480 e. The molecule has 0 spiro atoms. The zero-order valence-corrected chi connectivity index (χ0v) is 11.0. The molecule has 5 heteroatoms. The van der Waals surface area contributed by atoms with Crippen molar-refractivity contribution in [3.63, 3.8) is 0 Å². The third-order valence-corrected chi connectivity index (χ3v) is 4.51. The number of carboxylic acid groups (broad SMARTS) is 1. The minimum Gasteiger partial charge on any atom is -0.480 e. The van der Waals surface area contributed by atoms with Crippen LogP contribution in [0.4, 0.5) is 4.79 Å². The van der Waals surface area contributed by atoms with Gasteiger partial charge >= 0.3 is 12.0 Å². The number of fused-ring (bicyclic) bond motifs is 2. The molecule has 2 bridgehead atoms. The molecule has 0 heterocycles. The molecule has 3 N–H and O–H groups in total. The maximum absolute atomic E-state index is 11.6. The number of urea groups is 1. The van der Waals surface area contributed by atoms with E-state index in [1.165, 1.54) is 32.6 Å². The number of hydrogen-bond acceptors (Lipinski definition) is 2. The molecule has 0 aromatic heterocycles. The van der Waals surface area contributed by atoms with Gasteiger partial charge in [-0.05, 0) is 50.9 Å². The number of aliphatic carboxylic acids is 1. The van der Waals surface area contributed by atoms with E-state index in [4.69, 9.17) is 5.11 Å². The van der Waals surface area contributed by atoms with Crippen LogP contribution in [0, 0.1) is 17.8 Å². The molecule has 0 aliphatic heterocycles. The maximum atomic E-state index is 11.6. The first-order chi connectivity index (χ1) is 8.47. The van der Waals surface area contributed by atoms with Gasteiger partial charge in [-0.25, -0.2) is 4.79 Å². The molecule has 18 heavy (non-hydrogen) atoms. The Balaban J connectivity index is 1.79. The van der Waals surface area contributed by atoms with Crippen molar-refractivity contribution in [2.24, 2.45) is 17.8 Å². The molecule has 5 atom stereocenters. The summed E-state index contributed by atoms with van der Waals surface area (Å²) in [6.45, 7) is 3.49. The Kier molecular flexibility index (Phi) is 3.78. The molecule has 102 valence electrons. The van der Waals surface area contributed by atoms with Gasteiger partial charge < -0.3 is 15.7 Å². The molecular weight excluding hydrogens is 232 g/mol. The van der Waals surface area contributed by atoms with E-state index in [2.05, 4.69) is 10.6 Å². The van der Waals surface area contributed by atoms with Crippen molar-refractivity contribution in [1.29, 1.82) is 0 Å². The van der Waals surface area contributed by atoms with Crippen LogP contribution in [0.15, 0.2) is 0 Å². The molecule has 5 nitrogen and oxygen atoms in total. The number of carbonyl (C=O) groups excluding carboxylic acids is 1. The normalized spacial score (nSPS) is 32.9. The van der Waals surface area contributed by atoms with E-state index >= 15 is 0 Å². The van der Waals surface area contributed by atoms with E-state index < -0.39 is 12.0 Å². The molecular formula is C13H22N2O3. The van der Waals surface area contributed by atoms with Gasteiger partial charge in [0.2, 0.25) is 0 Å². The number of hydrogen-bond donors (Lipinski definition) is 3. The second-order valence-electron chi connectivity index (χ2n) is 5.81. The monoisotopic (exact) mass is 254 g/mol. The van der Waals surface area contributed by atoms with Crippen LogP contribution < -0.4 is 10.6 Å². The second-order valence-corrected chi connectivity index (χ2v) is 5.81. The molecule has 2 aliphatic rings. The predicted molar refractivity (Wildman–Crippen MR) is 67.2 cm³/mol. The van der Waals surface area contributed by atoms with Crippen LogP contribution in [0.25, 0.3) is 0 Å². The molecule has 4 unspecified atom stereocenters. The van der Waals surface area contributed by atoms with Gasteiger partial charge in [0, 0.05) is 6.04 Å². The van der Waals surface area contributed by atoms with Gasteiger partial charge in [-0.1, -0.05) is 6.42 Å². The first-order valence-corrected chi connectivity index (χ1v) is 6.77. The number of carboxylic acids is 1. The number of carbonyl (C=O) groups is 2. The van der Waals surface area contributed by atoms with E-state index in [-0.39, 0.29) is 12.1 Å². The van der Waals surface area contributed by atoms with Crippen LogP contribution in [0.1, 0.15) is 39.5 Å². The summed E-state index contributed by atoms with van der Waals surface area (Å²) in [5, 5.41) is 14.0. The van der Waals surface area contributed by atoms with Gasteiger partial charge in [-0.3, -0.25) is 4.79 Å². The fraction of sp³-hybridized carbons (Fsp3) is 0.846. The smallest absolute Gasteiger partial charge is 0.325 e. The van der Waals surface area contributed by atoms with Crippen LogP contribution in [0.2, 0.25) is 0 Å². The number of rotatable bonds is 4. The summed E-state index contributed by atoms with van der Waals surface area (Å²) in [5.41, 5.74) is 0. The highest BCUT2D eigenvalue weighted by Gasteiger charge is 2.42. The predicted octanol–water partition coefficient (Wildman–Crippen LogP) is 1.58. The average molecular weight is 254 g/mol. The van der Waals surface area contributed by atoms with Gasteiger partial charge in [-0.2, -0.15) is 0 Å². The molecule has 2 fully saturated rings. The van der Waals surface area contributed by atoms with Crippen LogP contribution in [-0.4, -0.2) is 29.2 Å². The summed E-state index contributed by atoms with van der Waals surface area (Å²) in [4.78, 5) is 22.3. The lowest BCUT2D eigenvalue weighted by Gasteiger charge is -2.28. The van der Waals surface area contributed by atoms with Crippen molar-refractivity contribution in [2.45, 2.75) is 51.6 Å². The Morgan fingerprint density at radius 1 is 1.17 bits per heavy atom. The van der Waals surface area contributed by atoms with E-state index in [0.29, 0.717) is 5.92 Å². The zero-order valence-electron chi connectivity index (χ0n) is 11.0. The average Bonchev–Trinajstić information content (AvgIpc) is 2.89. The fourth-order valence-electron chi connectivity index (χ4n) is 3.52. The van der Waals surface area contributed by atoms with Crippen molar-refractivity contribution < 1.29 is 14.7 Å². The highest BCUT2D eigenvalue weighted by atomic mass is 16.4. The summed E-state index contributed by atoms with van der Waals surface area (Å²) in [7, 11) is 0. The summed E-state index contributed by atoms with van der Waals surface area (Å²) in [6.07, 6.45) is 5.15. The van der Waals surface area contributed by atoms with Gasteiger partial charge in [0.1, 0.15) is 6.04 Å². The lowest BCUT2D eigenvalue weighted by molar-refractivity contribution is -0.138. The zero-order chi connectivity index (χ0) is 13.3. The van der Waals surface area contributed by atoms with Gasteiger partial charge in [-0.15, -0.1) is 0 Å². The van der Waals surface area contributed by atoms with Crippen molar-refractivity contribution in [1.82, 2.24) is 10.6 Å². The van der Waals surface area contributed by atoms with Crippen LogP contribution in [-0.2, 0) is 4.79 Å². The Morgan fingerprint density at radius 2 is 1.89 bits per heavy atom. The molecule has 2 saturated carbocycles. The summed E-state index contributed by atoms with van der Waals surface area (Å²) < 4.78 is 0. The third kappa shape index (κ3) is 2.76. The summed E-state index contributed by atoms with van der Waals surface area (Å²) >= 11 is 0. The third-order valence-electron chi connectivity index (χ3n) is 4.51. The topological polar surface area (TPSA) is 78.4 Å².